The Balaban J connectivity index is 1.48. The van der Waals surface area contributed by atoms with Gasteiger partial charge in [-0.2, -0.15) is 0 Å². The third kappa shape index (κ3) is 11.2. The van der Waals surface area contributed by atoms with Crippen molar-refractivity contribution in [1.82, 2.24) is 15.1 Å². The molecular weight excluding hydrogens is 626 g/mol. The average Bonchev–Trinajstić information content (AvgIpc) is 3.86. The van der Waals surface area contributed by atoms with Gasteiger partial charge in [0.1, 0.15) is 5.75 Å². The van der Waals surface area contributed by atoms with Crippen molar-refractivity contribution >= 4 is 41.0 Å². The van der Waals surface area contributed by atoms with Gasteiger partial charge in [-0.3, -0.25) is 19.3 Å². The molecule has 2 unspecified atom stereocenters. The van der Waals surface area contributed by atoms with E-state index in [0.717, 1.165) is 24.2 Å². The van der Waals surface area contributed by atoms with E-state index in [4.69, 9.17) is 9.47 Å². The molecule has 49 heavy (non-hydrogen) atoms. The third-order valence-corrected chi connectivity index (χ3v) is 9.87. The minimum atomic E-state index is -1.69. The molecule has 274 valence electrons. The highest BCUT2D eigenvalue weighted by Gasteiger charge is 2.58. The molecule has 0 aromatic heterocycles. The van der Waals surface area contributed by atoms with E-state index in [1.54, 1.807) is 12.1 Å². The van der Waals surface area contributed by atoms with Crippen molar-refractivity contribution < 1.29 is 33.4 Å². The molecule has 12 nitrogen and oxygen atoms in total. The molecule has 1 heterocycles. The minimum absolute atomic E-state index is 0.173. The Morgan fingerprint density at radius 3 is 1.92 bits per heavy atom. The topological polar surface area (TPSA) is 146 Å². The molecular formula is C37H59N5O7. The first-order chi connectivity index (χ1) is 23.6. The van der Waals surface area contributed by atoms with Gasteiger partial charge in [0, 0.05) is 31.8 Å². The summed E-state index contributed by atoms with van der Waals surface area (Å²) in [5.74, 6) is -1.85. The van der Waals surface area contributed by atoms with Crippen LogP contribution >= 0.6 is 0 Å². The SMILES string of the molecule is CCCCCCCCCCCCCCCCNC(=O)Nc1ccc(OC)c(NC(=O)C(C(=O)C2(CC)CC2)N2C(=O)C(OC)N(C)C2=O)c1. The zero-order chi connectivity index (χ0) is 35.8. The minimum Gasteiger partial charge on any atom is -0.495 e. The van der Waals surface area contributed by atoms with Crippen LogP contribution in [0.1, 0.15) is 123 Å². The van der Waals surface area contributed by atoms with Crippen molar-refractivity contribution in [2.24, 2.45) is 5.41 Å². The number of likely N-dealkylation sites (N-methyl/N-ethyl adjacent to an activating group) is 1. The molecule has 0 spiro atoms. The molecule has 3 N–H and O–H groups in total. The number of benzene rings is 1. The van der Waals surface area contributed by atoms with Crippen LogP contribution in [-0.4, -0.2) is 79.5 Å². The molecule has 1 aromatic rings. The van der Waals surface area contributed by atoms with Crippen LogP contribution < -0.4 is 20.7 Å². The van der Waals surface area contributed by atoms with E-state index in [1.165, 1.54) is 98.0 Å². The average molecular weight is 686 g/mol. The maximum absolute atomic E-state index is 13.8. The number of urea groups is 2. The number of unbranched alkanes of at least 4 members (excludes halogenated alkanes) is 13. The fourth-order valence-corrected chi connectivity index (χ4v) is 6.50. The maximum Gasteiger partial charge on any atom is 0.330 e. The van der Waals surface area contributed by atoms with Gasteiger partial charge < -0.3 is 25.4 Å². The lowest BCUT2D eigenvalue weighted by Gasteiger charge is -2.27. The van der Waals surface area contributed by atoms with Crippen molar-refractivity contribution in [2.45, 2.75) is 135 Å². The molecule has 0 bridgehead atoms. The highest BCUT2D eigenvalue weighted by atomic mass is 16.5. The number of imide groups is 1. The number of hydrogen-bond donors (Lipinski definition) is 3. The summed E-state index contributed by atoms with van der Waals surface area (Å²) in [5.41, 5.74) is -0.213. The molecule has 2 aliphatic rings. The van der Waals surface area contributed by atoms with E-state index in [9.17, 15) is 24.0 Å². The summed E-state index contributed by atoms with van der Waals surface area (Å²) in [6.07, 6.45) is 18.1. The molecule has 1 saturated heterocycles. The monoisotopic (exact) mass is 685 g/mol. The first kappa shape index (κ1) is 39.8. The normalized spacial score (nSPS) is 17.2. The Bertz CT molecular complexity index is 1270. The number of rotatable bonds is 24. The van der Waals surface area contributed by atoms with Gasteiger partial charge in [0.2, 0.25) is 6.23 Å². The summed E-state index contributed by atoms with van der Waals surface area (Å²) >= 11 is 0. The number of nitrogens with one attached hydrogen (secondary N) is 3. The second-order valence-electron chi connectivity index (χ2n) is 13.5. The lowest BCUT2D eigenvalue weighted by atomic mass is 9.91. The van der Waals surface area contributed by atoms with Gasteiger partial charge in [-0.05, 0) is 43.9 Å². The number of ketones is 1. The number of carbonyl (C=O) groups is 5. The summed E-state index contributed by atoms with van der Waals surface area (Å²) in [6.45, 7) is 4.64. The first-order valence-electron chi connectivity index (χ1n) is 18.3. The molecule has 12 heteroatoms. The van der Waals surface area contributed by atoms with E-state index >= 15 is 0 Å². The van der Waals surface area contributed by atoms with Gasteiger partial charge in [-0.25, -0.2) is 14.5 Å². The zero-order valence-electron chi connectivity index (χ0n) is 30.4. The molecule has 1 saturated carbocycles. The van der Waals surface area contributed by atoms with Crippen LogP contribution in [0.4, 0.5) is 21.0 Å². The lowest BCUT2D eigenvalue weighted by Crippen LogP contribution is -2.54. The fourth-order valence-electron chi connectivity index (χ4n) is 6.50. The van der Waals surface area contributed by atoms with Gasteiger partial charge in [-0.1, -0.05) is 97.3 Å². The number of hydrogen-bond acceptors (Lipinski definition) is 7. The highest BCUT2D eigenvalue weighted by molar-refractivity contribution is 6.20. The predicted octanol–water partition coefficient (Wildman–Crippen LogP) is 7.23. The largest absolute Gasteiger partial charge is 0.495 e. The van der Waals surface area contributed by atoms with E-state index in [0.29, 0.717) is 36.4 Å². The standard InChI is InChI=1S/C37H59N5O7/c1-6-8-9-10-11-12-13-14-15-16-17-18-19-20-25-38-35(46)39-27-21-22-29(48-4)28(26-27)40-32(44)30(31(43)37(7-2)23-24-37)42-33(45)34(49-5)41(3)36(42)47/h21-22,26,30,34H,6-20,23-25H2,1-5H3,(H,40,44)(H2,38,39,46). The third-order valence-electron chi connectivity index (χ3n) is 9.87. The fraction of sp³-hybridized carbons (Fsp3) is 0.703. The summed E-state index contributed by atoms with van der Waals surface area (Å²) in [5, 5.41) is 8.33. The number of carbonyl (C=O) groups excluding carboxylic acids is 5. The van der Waals surface area contributed by atoms with Gasteiger partial charge >= 0.3 is 12.1 Å². The molecule has 3 rings (SSSR count). The van der Waals surface area contributed by atoms with Crippen molar-refractivity contribution in [3.05, 3.63) is 18.2 Å². The molecule has 6 amide bonds. The van der Waals surface area contributed by atoms with E-state index < -0.39 is 41.3 Å². The number of nitrogens with zero attached hydrogens (tertiary/aromatic N) is 2. The van der Waals surface area contributed by atoms with Gasteiger partial charge in [-0.15, -0.1) is 0 Å². The van der Waals surface area contributed by atoms with Crippen LogP contribution in [0.15, 0.2) is 18.2 Å². The molecule has 1 aliphatic heterocycles. The Hall–Kier alpha value is -3.67. The number of ether oxygens (including phenoxy) is 2. The van der Waals surface area contributed by atoms with Crippen molar-refractivity contribution in [2.75, 3.05) is 38.4 Å². The Morgan fingerprint density at radius 1 is 0.857 bits per heavy atom. The Kier molecular flexibility index (Phi) is 16.3. The van der Waals surface area contributed by atoms with Crippen LogP contribution in [0, 0.1) is 5.41 Å². The summed E-state index contributed by atoms with van der Waals surface area (Å²) < 4.78 is 10.6. The second kappa shape index (κ2) is 20.1. The van der Waals surface area contributed by atoms with Crippen LogP contribution in [0.5, 0.6) is 5.75 Å². The van der Waals surface area contributed by atoms with Crippen LogP contribution in [0.3, 0.4) is 0 Å². The lowest BCUT2D eigenvalue weighted by molar-refractivity contribution is -0.147. The van der Waals surface area contributed by atoms with E-state index in [2.05, 4.69) is 22.9 Å². The quantitative estimate of drug-likeness (QED) is 0.0591. The summed E-state index contributed by atoms with van der Waals surface area (Å²) in [6, 6.07) is 1.84. The summed E-state index contributed by atoms with van der Waals surface area (Å²) in [4.78, 5) is 68.2. The molecule has 1 aromatic carbocycles. The Labute approximate surface area is 292 Å². The highest BCUT2D eigenvalue weighted by Crippen LogP contribution is 2.51. The summed E-state index contributed by atoms with van der Waals surface area (Å²) in [7, 11) is 4.08. The van der Waals surface area contributed by atoms with E-state index in [-0.39, 0.29) is 17.5 Å². The van der Waals surface area contributed by atoms with Crippen molar-refractivity contribution in [1.29, 1.82) is 0 Å². The second-order valence-corrected chi connectivity index (χ2v) is 13.5. The molecule has 1 aliphatic carbocycles. The number of amides is 6. The Morgan fingerprint density at radius 2 is 1.43 bits per heavy atom. The van der Waals surface area contributed by atoms with Crippen LogP contribution in [0.2, 0.25) is 0 Å². The van der Waals surface area contributed by atoms with Gasteiger partial charge in [0.25, 0.3) is 11.8 Å². The van der Waals surface area contributed by atoms with Gasteiger partial charge in [0.05, 0.1) is 12.8 Å². The van der Waals surface area contributed by atoms with E-state index in [1.807, 2.05) is 6.92 Å². The zero-order valence-corrected chi connectivity index (χ0v) is 30.4. The van der Waals surface area contributed by atoms with Crippen molar-refractivity contribution in [3.63, 3.8) is 0 Å². The maximum atomic E-state index is 13.8. The number of anilines is 2. The van der Waals surface area contributed by atoms with Crippen LogP contribution in [0.25, 0.3) is 0 Å². The van der Waals surface area contributed by atoms with Crippen LogP contribution in [-0.2, 0) is 19.1 Å². The number of methoxy groups -OCH3 is 2. The molecule has 2 fully saturated rings. The van der Waals surface area contributed by atoms with Crippen molar-refractivity contribution in [3.8, 4) is 5.75 Å². The smallest absolute Gasteiger partial charge is 0.330 e. The first-order valence-corrected chi connectivity index (χ1v) is 18.3. The molecule has 0 radical (unpaired) electrons. The predicted molar refractivity (Wildman–Crippen MR) is 191 cm³/mol. The molecule has 2 atom stereocenters. The van der Waals surface area contributed by atoms with Gasteiger partial charge in [0.15, 0.2) is 11.8 Å². The number of Topliss-reactive ketones (excluding diaryl/α,β-unsaturated/α-hetero) is 1.